The molecule has 0 aliphatic carbocycles. The van der Waals surface area contributed by atoms with Crippen molar-refractivity contribution in [1.82, 2.24) is 5.32 Å². The van der Waals surface area contributed by atoms with Crippen molar-refractivity contribution in [2.45, 2.75) is 25.8 Å². The molecule has 1 unspecified atom stereocenters. The summed E-state index contributed by atoms with van der Waals surface area (Å²) in [6.45, 7) is 2.83. The molecular weight excluding hydrogens is 184 g/mol. The second-order valence-electron chi connectivity index (χ2n) is 3.61. The summed E-state index contributed by atoms with van der Waals surface area (Å²) in [7, 11) is 0. The SMILES string of the molecule is CCc1cc(F)cc(F)c1C1CCN1. The highest BCUT2D eigenvalue weighted by Gasteiger charge is 2.24. The zero-order valence-electron chi connectivity index (χ0n) is 8.11. The molecule has 0 spiro atoms. The number of hydrogen-bond donors (Lipinski definition) is 1. The van der Waals surface area contributed by atoms with Gasteiger partial charge in [-0.3, -0.25) is 0 Å². The molecule has 1 nitrogen and oxygen atoms in total. The summed E-state index contributed by atoms with van der Waals surface area (Å²) < 4.78 is 26.4. The van der Waals surface area contributed by atoms with E-state index in [2.05, 4.69) is 5.32 Å². The largest absolute Gasteiger partial charge is 0.310 e. The molecule has 14 heavy (non-hydrogen) atoms. The van der Waals surface area contributed by atoms with Crippen LogP contribution in [-0.2, 0) is 6.42 Å². The molecule has 76 valence electrons. The number of rotatable bonds is 2. The first-order valence-electron chi connectivity index (χ1n) is 4.93. The van der Waals surface area contributed by atoms with E-state index in [0.29, 0.717) is 12.0 Å². The van der Waals surface area contributed by atoms with Gasteiger partial charge in [0.2, 0.25) is 0 Å². The molecule has 1 atom stereocenters. The van der Waals surface area contributed by atoms with Crippen LogP contribution in [0, 0.1) is 11.6 Å². The average Bonchev–Trinajstić information content (AvgIpc) is 2.05. The van der Waals surface area contributed by atoms with Crippen LogP contribution in [0.25, 0.3) is 0 Å². The molecule has 0 aromatic heterocycles. The molecule has 1 heterocycles. The number of halogens is 2. The minimum atomic E-state index is -0.484. The van der Waals surface area contributed by atoms with Crippen LogP contribution >= 0.6 is 0 Å². The van der Waals surface area contributed by atoms with E-state index in [-0.39, 0.29) is 6.04 Å². The predicted octanol–water partition coefficient (Wildman–Crippen LogP) is 2.56. The van der Waals surface area contributed by atoms with E-state index in [4.69, 9.17) is 0 Å². The third kappa shape index (κ3) is 1.52. The molecule has 0 saturated carbocycles. The van der Waals surface area contributed by atoms with Gasteiger partial charge in [0.15, 0.2) is 0 Å². The van der Waals surface area contributed by atoms with Crippen LogP contribution in [-0.4, -0.2) is 6.54 Å². The maximum absolute atomic E-state index is 13.5. The number of benzene rings is 1. The first-order valence-corrected chi connectivity index (χ1v) is 4.93. The van der Waals surface area contributed by atoms with E-state index in [1.807, 2.05) is 6.92 Å². The zero-order chi connectivity index (χ0) is 10.1. The summed E-state index contributed by atoms with van der Waals surface area (Å²) in [5.41, 5.74) is 1.43. The van der Waals surface area contributed by atoms with Gasteiger partial charge in [0.1, 0.15) is 11.6 Å². The van der Waals surface area contributed by atoms with Gasteiger partial charge in [0.25, 0.3) is 0 Å². The van der Waals surface area contributed by atoms with Gasteiger partial charge >= 0.3 is 0 Å². The summed E-state index contributed by atoms with van der Waals surface area (Å²) in [6, 6.07) is 2.48. The van der Waals surface area contributed by atoms with Gasteiger partial charge in [-0.1, -0.05) is 6.92 Å². The normalized spacial score (nSPS) is 20.6. The van der Waals surface area contributed by atoms with Crippen molar-refractivity contribution in [3.8, 4) is 0 Å². The second-order valence-corrected chi connectivity index (χ2v) is 3.61. The minimum Gasteiger partial charge on any atom is -0.310 e. The van der Waals surface area contributed by atoms with E-state index in [1.165, 1.54) is 6.07 Å². The van der Waals surface area contributed by atoms with E-state index in [1.54, 1.807) is 0 Å². The minimum absolute atomic E-state index is 0.0885. The monoisotopic (exact) mass is 197 g/mol. The maximum atomic E-state index is 13.5. The van der Waals surface area contributed by atoms with Crippen molar-refractivity contribution in [1.29, 1.82) is 0 Å². The van der Waals surface area contributed by atoms with Crippen molar-refractivity contribution in [3.05, 3.63) is 34.9 Å². The number of nitrogens with one attached hydrogen (secondary N) is 1. The van der Waals surface area contributed by atoms with E-state index in [0.717, 1.165) is 24.6 Å². The van der Waals surface area contributed by atoms with Gasteiger partial charge in [0.05, 0.1) is 0 Å². The van der Waals surface area contributed by atoms with Crippen molar-refractivity contribution in [2.24, 2.45) is 0 Å². The molecule has 0 bridgehead atoms. The predicted molar refractivity (Wildman–Crippen MR) is 51.1 cm³/mol. The van der Waals surface area contributed by atoms with E-state index >= 15 is 0 Å². The Kier molecular flexibility index (Phi) is 2.50. The lowest BCUT2D eigenvalue weighted by atomic mass is 9.92. The molecular formula is C11H13F2N. The van der Waals surface area contributed by atoms with Gasteiger partial charge in [-0.15, -0.1) is 0 Å². The molecule has 1 aliphatic rings. The first-order chi connectivity index (χ1) is 6.72. The highest BCUT2D eigenvalue weighted by molar-refractivity contribution is 5.33. The third-order valence-corrected chi connectivity index (χ3v) is 2.73. The van der Waals surface area contributed by atoms with Crippen LogP contribution in [0.5, 0.6) is 0 Å². The smallest absolute Gasteiger partial charge is 0.131 e. The Hall–Kier alpha value is -0.960. The molecule has 1 aromatic rings. The van der Waals surface area contributed by atoms with Crippen molar-refractivity contribution in [3.63, 3.8) is 0 Å². The highest BCUT2D eigenvalue weighted by atomic mass is 19.1. The molecule has 1 fully saturated rings. The van der Waals surface area contributed by atoms with Gasteiger partial charge in [-0.25, -0.2) is 8.78 Å². The van der Waals surface area contributed by atoms with Gasteiger partial charge in [-0.2, -0.15) is 0 Å². The van der Waals surface area contributed by atoms with Crippen LogP contribution in [0.3, 0.4) is 0 Å². The van der Waals surface area contributed by atoms with E-state index < -0.39 is 11.6 Å². The lowest BCUT2D eigenvalue weighted by molar-refractivity contribution is 0.366. The lowest BCUT2D eigenvalue weighted by Crippen LogP contribution is -2.36. The summed E-state index contributed by atoms with van der Waals surface area (Å²) in [6.07, 6.45) is 1.61. The lowest BCUT2D eigenvalue weighted by Gasteiger charge is -2.30. The van der Waals surface area contributed by atoms with Crippen molar-refractivity contribution < 1.29 is 8.78 Å². The van der Waals surface area contributed by atoms with Gasteiger partial charge in [-0.05, 0) is 31.0 Å². The van der Waals surface area contributed by atoms with Crippen LogP contribution in [0.2, 0.25) is 0 Å². The number of hydrogen-bond acceptors (Lipinski definition) is 1. The Morgan fingerprint density at radius 1 is 1.43 bits per heavy atom. The summed E-state index contributed by atoms with van der Waals surface area (Å²) in [4.78, 5) is 0. The highest BCUT2D eigenvalue weighted by Crippen LogP contribution is 2.29. The summed E-state index contributed by atoms with van der Waals surface area (Å²) in [5.74, 6) is -0.901. The van der Waals surface area contributed by atoms with Gasteiger partial charge < -0.3 is 5.32 Å². The van der Waals surface area contributed by atoms with Crippen LogP contribution in [0.4, 0.5) is 8.78 Å². The number of aryl methyl sites for hydroxylation is 1. The Morgan fingerprint density at radius 2 is 2.14 bits per heavy atom. The van der Waals surface area contributed by atoms with Crippen molar-refractivity contribution in [2.75, 3.05) is 6.54 Å². The molecule has 1 aromatic carbocycles. The molecule has 1 saturated heterocycles. The van der Waals surface area contributed by atoms with Crippen LogP contribution in [0.15, 0.2) is 12.1 Å². The Labute approximate surface area is 82.1 Å². The molecule has 1 aliphatic heterocycles. The third-order valence-electron chi connectivity index (χ3n) is 2.73. The maximum Gasteiger partial charge on any atom is 0.131 e. The molecule has 0 amide bonds. The Balaban J connectivity index is 2.44. The fourth-order valence-corrected chi connectivity index (χ4v) is 1.86. The van der Waals surface area contributed by atoms with E-state index in [9.17, 15) is 8.78 Å². The average molecular weight is 197 g/mol. The zero-order valence-corrected chi connectivity index (χ0v) is 8.11. The molecule has 1 N–H and O–H groups in total. The molecule has 0 radical (unpaired) electrons. The second kappa shape index (κ2) is 3.65. The fraction of sp³-hybridized carbons (Fsp3) is 0.455. The quantitative estimate of drug-likeness (QED) is 0.768. The van der Waals surface area contributed by atoms with Crippen LogP contribution in [0.1, 0.15) is 30.5 Å². The Morgan fingerprint density at radius 3 is 2.64 bits per heavy atom. The van der Waals surface area contributed by atoms with Gasteiger partial charge in [0, 0.05) is 17.7 Å². The fourth-order valence-electron chi connectivity index (χ4n) is 1.86. The first kappa shape index (κ1) is 9.59. The van der Waals surface area contributed by atoms with Crippen LogP contribution < -0.4 is 5.32 Å². The standard InChI is InChI=1S/C11H13F2N/c1-2-7-5-8(12)6-9(13)11(7)10-3-4-14-10/h5-6,10,14H,2-4H2,1H3. The summed E-state index contributed by atoms with van der Waals surface area (Å²) >= 11 is 0. The molecule has 2 rings (SSSR count). The van der Waals surface area contributed by atoms with Crippen molar-refractivity contribution >= 4 is 0 Å². The Bertz CT molecular complexity index is 345. The molecule has 3 heteroatoms. The topological polar surface area (TPSA) is 12.0 Å². The summed E-state index contributed by atoms with van der Waals surface area (Å²) in [5, 5.41) is 3.13.